The summed E-state index contributed by atoms with van der Waals surface area (Å²) in [5.74, 6) is -1.83. The van der Waals surface area contributed by atoms with E-state index in [0.717, 1.165) is 0 Å². The van der Waals surface area contributed by atoms with E-state index in [4.69, 9.17) is 21.4 Å². The zero-order valence-electron chi connectivity index (χ0n) is 7.94. The first-order valence-electron chi connectivity index (χ1n) is 4.20. The van der Waals surface area contributed by atoms with Gasteiger partial charge in [-0.25, -0.2) is 4.79 Å². The van der Waals surface area contributed by atoms with Crippen LogP contribution in [0.2, 0.25) is 0 Å². The molecule has 1 N–H and O–H groups in total. The summed E-state index contributed by atoms with van der Waals surface area (Å²) in [5, 5.41) is 7.98. The zero-order chi connectivity index (χ0) is 11.4. The van der Waals surface area contributed by atoms with Crippen LogP contribution in [-0.4, -0.2) is 22.4 Å². The highest BCUT2D eigenvalue weighted by Crippen LogP contribution is 2.18. The number of esters is 1. The van der Waals surface area contributed by atoms with Crippen molar-refractivity contribution in [1.82, 2.24) is 0 Å². The summed E-state index contributed by atoms with van der Waals surface area (Å²) in [5.41, 5.74) is -0.0665. The summed E-state index contributed by atoms with van der Waals surface area (Å²) in [6.45, 7) is 1.45. The average Bonchev–Trinajstić information content (AvgIpc) is 2.18. The Labute approximate surface area is 91.4 Å². The second-order valence-electron chi connectivity index (χ2n) is 2.84. The van der Waals surface area contributed by atoms with Gasteiger partial charge >= 0.3 is 11.9 Å². The lowest BCUT2D eigenvalue weighted by atomic mass is 10.2. The number of hydrogen-bond acceptors (Lipinski definition) is 3. The Bertz CT molecular complexity index is 387. The van der Waals surface area contributed by atoms with Crippen LogP contribution >= 0.6 is 11.6 Å². The molecule has 0 spiro atoms. The summed E-state index contributed by atoms with van der Waals surface area (Å²) in [4.78, 5) is 21.9. The van der Waals surface area contributed by atoms with Crippen LogP contribution in [0.5, 0.6) is 5.75 Å². The number of carboxylic acid groups (broad SMARTS) is 1. The Morgan fingerprint density at radius 3 is 2.53 bits per heavy atom. The van der Waals surface area contributed by atoms with Crippen molar-refractivity contribution in [2.75, 3.05) is 0 Å². The normalized spacial score (nSPS) is 11.9. The Morgan fingerprint density at radius 2 is 2.00 bits per heavy atom. The number of rotatable bonds is 3. The number of aromatic carboxylic acids is 1. The molecule has 0 aliphatic heterocycles. The first-order valence-corrected chi connectivity index (χ1v) is 4.64. The molecule has 0 saturated carbocycles. The fourth-order valence-electron chi connectivity index (χ4n) is 0.922. The number of benzene rings is 1. The molecular formula is C10H9ClO4. The predicted octanol–water partition coefficient (Wildman–Crippen LogP) is 1.92. The number of alkyl halides is 1. The van der Waals surface area contributed by atoms with Gasteiger partial charge in [-0.3, -0.25) is 4.79 Å². The first kappa shape index (κ1) is 11.5. The molecule has 0 bridgehead atoms. The Balaban J connectivity index is 2.94. The van der Waals surface area contributed by atoms with Crippen molar-refractivity contribution >= 4 is 23.5 Å². The van der Waals surface area contributed by atoms with Gasteiger partial charge in [-0.1, -0.05) is 12.1 Å². The van der Waals surface area contributed by atoms with Crippen molar-refractivity contribution in [3.8, 4) is 5.75 Å². The predicted molar refractivity (Wildman–Crippen MR) is 54.4 cm³/mol. The molecule has 1 aromatic rings. The van der Waals surface area contributed by atoms with Crippen LogP contribution in [0, 0.1) is 0 Å². The molecule has 0 radical (unpaired) electrons. The molecule has 0 saturated heterocycles. The Morgan fingerprint density at radius 1 is 1.40 bits per heavy atom. The van der Waals surface area contributed by atoms with E-state index in [-0.39, 0.29) is 11.3 Å². The maximum Gasteiger partial charge on any atom is 0.339 e. The van der Waals surface area contributed by atoms with E-state index in [2.05, 4.69) is 0 Å². The third kappa shape index (κ3) is 2.95. The first-order chi connectivity index (χ1) is 7.02. The van der Waals surface area contributed by atoms with Crippen molar-refractivity contribution in [2.45, 2.75) is 12.3 Å². The lowest BCUT2D eigenvalue weighted by Gasteiger charge is -2.07. The van der Waals surface area contributed by atoms with Gasteiger partial charge in [-0.2, -0.15) is 0 Å². The van der Waals surface area contributed by atoms with Crippen molar-refractivity contribution in [3.63, 3.8) is 0 Å². The van der Waals surface area contributed by atoms with E-state index in [1.165, 1.54) is 19.1 Å². The fourth-order valence-corrected chi connectivity index (χ4v) is 0.966. The van der Waals surface area contributed by atoms with Gasteiger partial charge in [-0.05, 0) is 19.1 Å². The van der Waals surface area contributed by atoms with Gasteiger partial charge in [0, 0.05) is 0 Å². The highest BCUT2D eigenvalue weighted by atomic mass is 35.5. The third-order valence-electron chi connectivity index (χ3n) is 1.65. The molecule has 5 heteroatoms. The number of para-hydroxylation sites is 1. The van der Waals surface area contributed by atoms with E-state index in [1.807, 2.05) is 0 Å². The molecule has 1 rings (SSSR count). The number of carboxylic acids is 1. The average molecular weight is 229 g/mol. The van der Waals surface area contributed by atoms with Gasteiger partial charge in [-0.15, -0.1) is 11.6 Å². The molecule has 0 aliphatic carbocycles. The van der Waals surface area contributed by atoms with E-state index in [9.17, 15) is 9.59 Å². The SMILES string of the molecule is CC(Cl)C(=O)Oc1ccccc1C(=O)O. The minimum atomic E-state index is -1.15. The van der Waals surface area contributed by atoms with Crippen LogP contribution in [0.4, 0.5) is 0 Å². The molecule has 0 aromatic heterocycles. The quantitative estimate of drug-likeness (QED) is 0.488. The van der Waals surface area contributed by atoms with Crippen LogP contribution in [0.15, 0.2) is 24.3 Å². The van der Waals surface area contributed by atoms with Crippen molar-refractivity contribution in [1.29, 1.82) is 0 Å². The van der Waals surface area contributed by atoms with Gasteiger partial charge in [0.1, 0.15) is 16.7 Å². The smallest absolute Gasteiger partial charge is 0.339 e. The summed E-state index contributed by atoms with van der Waals surface area (Å²) in [7, 11) is 0. The number of halogens is 1. The zero-order valence-corrected chi connectivity index (χ0v) is 8.69. The van der Waals surface area contributed by atoms with Gasteiger partial charge in [0.15, 0.2) is 0 Å². The third-order valence-corrected chi connectivity index (χ3v) is 1.83. The number of hydrogen-bond donors (Lipinski definition) is 1. The van der Waals surface area contributed by atoms with Gasteiger partial charge in [0.05, 0.1) is 0 Å². The van der Waals surface area contributed by atoms with E-state index in [1.54, 1.807) is 12.1 Å². The minimum absolute atomic E-state index is 0.00231. The number of carbonyl (C=O) groups excluding carboxylic acids is 1. The summed E-state index contributed by atoms with van der Waals surface area (Å²) in [6, 6.07) is 5.88. The molecule has 1 unspecified atom stereocenters. The second-order valence-corrected chi connectivity index (χ2v) is 3.49. The molecule has 80 valence electrons. The lowest BCUT2D eigenvalue weighted by Crippen LogP contribution is -2.18. The lowest BCUT2D eigenvalue weighted by molar-refractivity contribution is -0.133. The monoisotopic (exact) mass is 228 g/mol. The Kier molecular flexibility index (Phi) is 3.68. The summed E-state index contributed by atoms with van der Waals surface area (Å²) in [6.07, 6.45) is 0. The molecule has 0 aliphatic rings. The highest BCUT2D eigenvalue weighted by molar-refractivity contribution is 6.29. The standard InChI is InChI=1S/C10H9ClO4/c1-6(11)10(14)15-8-5-3-2-4-7(8)9(12)13/h2-6H,1H3,(H,12,13). The topological polar surface area (TPSA) is 63.6 Å². The van der Waals surface area contributed by atoms with Crippen LogP contribution in [-0.2, 0) is 4.79 Å². The molecule has 4 nitrogen and oxygen atoms in total. The van der Waals surface area contributed by atoms with E-state index in [0.29, 0.717) is 0 Å². The van der Waals surface area contributed by atoms with Crippen molar-refractivity contribution in [2.24, 2.45) is 0 Å². The van der Waals surface area contributed by atoms with Crippen LogP contribution in [0.3, 0.4) is 0 Å². The molecule has 0 heterocycles. The van der Waals surface area contributed by atoms with Crippen LogP contribution < -0.4 is 4.74 Å². The summed E-state index contributed by atoms with van der Waals surface area (Å²) < 4.78 is 4.82. The number of ether oxygens (including phenoxy) is 1. The molecule has 15 heavy (non-hydrogen) atoms. The maximum atomic E-state index is 11.1. The molecule has 0 fully saturated rings. The minimum Gasteiger partial charge on any atom is -0.478 e. The van der Waals surface area contributed by atoms with Crippen molar-refractivity contribution < 1.29 is 19.4 Å². The van der Waals surface area contributed by atoms with E-state index < -0.39 is 17.3 Å². The van der Waals surface area contributed by atoms with Gasteiger partial charge in [0.2, 0.25) is 0 Å². The van der Waals surface area contributed by atoms with Crippen LogP contribution in [0.25, 0.3) is 0 Å². The van der Waals surface area contributed by atoms with Crippen LogP contribution in [0.1, 0.15) is 17.3 Å². The molecular weight excluding hydrogens is 220 g/mol. The highest BCUT2D eigenvalue weighted by Gasteiger charge is 2.16. The number of carbonyl (C=O) groups is 2. The largest absolute Gasteiger partial charge is 0.478 e. The van der Waals surface area contributed by atoms with E-state index >= 15 is 0 Å². The second kappa shape index (κ2) is 4.79. The Hall–Kier alpha value is -1.55. The molecule has 1 atom stereocenters. The fraction of sp³-hybridized carbons (Fsp3) is 0.200. The van der Waals surface area contributed by atoms with Crippen molar-refractivity contribution in [3.05, 3.63) is 29.8 Å². The molecule has 1 aromatic carbocycles. The summed E-state index contributed by atoms with van der Waals surface area (Å²) >= 11 is 5.49. The van der Waals surface area contributed by atoms with Gasteiger partial charge in [0.25, 0.3) is 0 Å². The molecule has 0 amide bonds. The maximum absolute atomic E-state index is 11.1. The van der Waals surface area contributed by atoms with Gasteiger partial charge < -0.3 is 9.84 Å².